The molecule has 26 heavy (non-hydrogen) atoms. The first-order valence-electron chi connectivity index (χ1n) is 9.71. The Hall–Kier alpha value is -0.943. The van der Waals surface area contributed by atoms with Gasteiger partial charge in [-0.1, -0.05) is 64.1 Å². The van der Waals surface area contributed by atoms with Crippen LogP contribution in [0, 0.1) is 0 Å². The van der Waals surface area contributed by atoms with Crippen molar-refractivity contribution in [1.82, 2.24) is 0 Å². The standard InChI is InChI=1S/C22H38O3Si/c1-8-12-18(2)21(23)15-20(25-26(6,7)22(3,4)5)17-24-16-19-13-10-9-11-14-19/h9-14,20-21,23H,8,15-17H2,1-7H3/b18-12+/t20-,21+/m1/s1. The second-order valence-electron chi connectivity index (χ2n) is 8.61. The summed E-state index contributed by atoms with van der Waals surface area (Å²) in [5, 5.41) is 10.7. The molecule has 0 saturated heterocycles. The van der Waals surface area contributed by atoms with Gasteiger partial charge in [-0.05, 0) is 42.6 Å². The van der Waals surface area contributed by atoms with E-state index in [4.69, 9.17) is 9.16 Å². The van der Waals surface area contributed by atoms with E-state index in [2.05, 4.69) is 59.0 Å². The lowest BCUT2D eigenvalue weighted by molar-refractivity contribution is 0.0130. The fourth-order valence-electron chi connectivity index (χ4n) is 2.52. The number of ether oxygens (including phenoxy) is 1. The van der Waals surface area contributed by atoms with Crippen LogP contribution in [0.25, 0.3) is 0 Å². The molecule has 1 rings (SSSR count). The van der Waals surface area contributed by atoms with E-state index < -0.39 is 14.4 Å². The van der Waals surface area contributed by atoms with Crippen LogP contribution >= 0.6 is 0 Å². The maximum atomic E-state index is 10.5. The van der Waals surface area contributed by atoms with Crippen molar-refractivity contribution in [2.75, 3.05) is 6.61 Å². The predicted octanol–water partition coefficient (Wildman–Crippen LogP) is 5.70. The highest BCUT2D eigenvalue weighted by molar-refractivity contribution is 6.74. The zero-order chi connectivity index (χ0) is 19.8. The molecule has 3 nitrogen and oxygen atoms in total. The maximum absolute atomic E-state index is 10.5. The third-order valence-electron chi connectivity index (χ3n) is 5.22. The van der Waals surface area contributed by atoms with Crippen LogP contribution in [0.3, 0.4) is 0 Å². The Morgan fingerprint density at radius 3 is 2.35 bits per heavy atom. The molecular formula is C22H38O3Si. The number of allylic oxidation sites excluding steroid dienone is 1. The lowest BCUT2D eigenvalue weighted by atomic mass is 10.0. The van der Waals surface area contributed by atoms with Crippen molar-refractivity contribution >= 4 is 8.32 Å². The zero-order valence-electron chi connectivity index (χ0n) is 17.7. The Labute approximate surface area is 161 Å². The normalized spacial score (nSPS) is 15.8. The van der Waals surface area contributed by atoms with E-state index in [-0.39, 0.29) is 11.1 Å². The van der Waals surface area contributed by atoms with E-state index in [0.717, 1.165) is 17.6 Å². The van der Waals surface area contributed by atoms with E-state index in [1.165, 1.54) is 0 Å². The molecule has 0 aliphatic rings. The summed E-state index contributed by atoms with van der Waals surface area (Å²) in [6, 6.07) is 10.2. The highest BCUT2D eigenvalue weighted by atomic mass is 28.4. The number of rotatable bonds is 10. The lowest BCUT2D eigenvalue weighted by Crippen LogP contribution is -2.46. The molecule has 148 valence electrons. The van der Waals surface area contributed by atoms with E-state index in [0.29, 0.717) is 19.6 Å². The summed E-state index contributed by atoms with van der Waals surface area (Å²) in [5.74, 6) is 0. The van der Waals surface area contributed by atoms with Crippen LogP contribution in [-0.4, -0.2) is 32.2 Å². The minimum Gasteiger partial charge on any atom is -0.411 e. The quantitative estimate of drug-likeness (QED) is 0.419. The molecule has 1 aromatic carbocycles. The molecule has 4 heteroatoms. The van der Waals surface area contributed by atoms with Crippen molar-refractivity contribution in [3.8, 4) is 0 Å². The van der Waals surface area contributed by atoms with E-state index >= 15 is 0 Å². The van der Waals surface area contributed by atoms with E-state index in [1.807, 2.05) is 25.1 Å². The van der Waals surface area contributed by atoms with Gasteiger partial charge < -0.3 is 14.3 Å². The molecule has 0 spiro atoms. The van der Waals surface area contributed by atoms with Crippen LogP contribution in [0.15, 0.2) is 42.0 Å². The summed E-state index contributed by atoms with van der Waals surface area (Å²) in [5.41, 5.74) is 2.17. The first kappa shape index (κ1) is 23.1. The molecule has 1 N–H and O–H groups in total. The zero-order valence-corrected chi connectivity index (χ0v) is 18.7. The minimum atomic E-state index is -1.93. The van der Waals surface area contributed by atoms with Crippen molar-refractivity contribution in [3.05, 3.63) is 47.5 Å². The summed E-state index contributed by atoms with van der Waals surface area (Å²) in [6.07, 6.45) is 3.00. The molecule has 0 radical (unpaired) electrons. The summed E-state index contributed by atoms with van der Waals surface area (Å²) in [6.45, 7) is 16.3. The largest absolute Gasteiger partial charge is 0.411 e. The first-order chi connectivity index (χ1) is 12.1. The third-order valence-corrected chi connectivity index (χ3v) is 9.76. The van der Waals surface area contributed by atoms with Gasteiger partial charge in [0.2, 0.25) is 0 Å². The molecule has 0 aliphatic carbocycles. The predicted molar refractivity (Wildman–Crippen MR) is 113 cm³/mol. The Bertz CT molecular complexity index is 546. The summed E-state index contributed by atoms with van der Waals surface area (Å²) in [4.78, 5) is 0. The fourth-order valence-corrected chi connectivity index (χ4v) is 3.87. The lowest BCUT2D eigenvalue weighted by Gasteiger charge is -2.39. The topological polar surface area (TPSA) is 38.7 Å². The number of aliphatic hydroxyl groups excluding tert-OH is 1. The molecule has 0 amide bonds. The summed E-state index contributed by atoms with van der Waals surface area (Å²) in [7, 11) is -1.93. The number of aliphatic hydroxyl groups is 1. The molecular weight excluding hydrogens is 340 g/mol. The molecule has 0 bridgehead atoms. The molecule has 0 aromatic heterocycles. The van der Waals surface area contributed by atoms with Gasteiger partial charge in [-0.25, -0.2) is 0 Å². The first-order valence-corrected chi connectivity index (χ1v) is 12.6. The fraction of sp³-hybridized carbons (Fsp3) is 0.636. The van der Waals surface area contributed by atoms with Gasteiger partial charge in [0.15, 0.2) is 8.32 Å². The van der Waals surface area contributed by atoms with Crippen molar-refractivity contribution in [1.29, 1.82) is 0 Å². The Balaban J connectivity index is 2.75. The Morgan fingerprint density at radius 2 is 1.81 bits per heavy atom. The van der Waals surface area contributed by atoms with Crippen LogP contribution in [-0.2, 0) is 15.8 Å². The van der Waals surface area contributed by atoms with Crippen molar-refractivity contribution in [2.24, 2.45) is 0 Å². The SMILES string of the molecule is CC/C=C(\C)[C@@H](O)C[C@H](COCc1ccccc1)O[Si](C)(C)C(C)(C)C. The van der Waals surface area contributed by atoms with Gasteiger partial charge in [0.25, 0.3) is 0 Å². The summed E-state index contributed by atoms with van der Waals surface area (Å²) < 4.78 is 12.5. The monoisotopic (exact) mass is 378 g/mol. The molecule has 2 atom stereocenters. The van der Waals surface area contributed by atoms with E-state index in [1.54, 1.807) is 0 Å². The Morgan fingerprint density at radius 1 is 1.19 bits per heavy atom. The number of benzene rings is 1. The second-order valence-corrected chi connectivity index (χ2v) is 13.4. The molecule has 0 fully saturated rings. The third kappa shape index (κ3) is 7.75. The average Bonchev–Trinajstić information content (AvgIpc) is 2.54. The van der Waals surface area contributed by atoms with Gasteiger partial charge in [-0.15, -0.1) is 0 Å². The van der Waals surface area contributed by atoms with Crippen molar-refractivity contribution < 1.29 is 14.3 Å². The summed E-state index contributed by atoms with van der Waals surface area (Å²) >= 11 is 0. The van der Waals surface area contributed by atoms with Crippen LogP contribution in [0.4, 0.5) is 0 Å². The number of hydrogen-bond donors (Lipinski definition) is 1. The smallest absolute Gasteiger partial charge is 0.192 e. The molecule has 0 saturated carbocycles. The second kappa shape index (κ2) is 10.4. The van der Waals surface area contributed by atoms with Crippen LogP contribution in [0.2, 0.25) is 18.1 Å². The molecule has 0 heterocycles. The van der Waals surface area contributed by atoms with Gasteiger partial charge >= 0.3 is 0 Å². The van der Waals surface area contributed by atoms with Crippen molar-refractivity contribution in [3.63, 3.8) is 0 Å². The Kier molecular flexibility index (Phi) is 9.24. The molecule has 0 aliphatic heterocycles. The molecule has 0 unspecified atom stereocenters. The van der Waals surface area contributed by atoms with Gasteiger partial charge in [-0.3, -0.25) is 0 Å². The van der Waals surface area contributed by atoms with Gasteiger partial charge in [-0.2, -0.15) is 0 Å². The van der Waals surface area contributed by atoms with Crippen LogP contribution in [0.5, 0.6) is 0 Å². The van der Waals surface area contributed by atoms with Crippen LogP contribution in [0.1, 0.15) is 53.0 Å². The van der Waals surface area contributed by atoms with Gasteiger partial charge in [0.1, 0.15) is 0 Å². The van der Waals surface area contributed by atoms with Crippen LogP contribution < -0.4 is 0 Å². The van der Waals surface area contributed by atoms with Crippen molar-refractivity contribution in [2.45, 2.75) is 84.4 Å². The minimum absolute atomic E-state index is 0.102. The average molecular weight is 379 g/mol. The maximum Gasteiger partial charge on any atom is 0.192 e. The van der Waals surface area contributed by atoms with E-state index in [9.17, 15) is 5.11 Å². The molecule has 1 aromatic rings. The number of hydrogen-bond acceptors (Lipinski definition) is 3. The van der Waals surface area contributed by atoms with Gasteiger partial charge in [0.05, 0.1) is 25.4 Å². The highest BCUT2D eigenvalue weighted by Gasteiger charge is 2.39. The highest BCUT2D eigenvalue weighted by Crippen LogP contribution is 2.38. The van der Waals surface area contributed by atoms with Gasteiger partial charge in [0, 0.05) is 6.42 Å².